The number of carbonyl (C=O) groups is 2. The quantitative estimate of drug-likeness (QED) is 0.843. The average Bonchev–Trinajstić information content (AvgIpc) is 2.53. The summed E-state index contributed by atoms with van der Waals surface area (Å²) < 4.78 is 4.72. The number of rotatable bonds is 4. The zero-order valence-corrected chi connectivity index (χ0v) is 11.4. The summed E-state index contributed by atoms with van der Waals surface area (Å²) in [5, 5.41) is 11.9. The van der Waals surface area contributed by atoms with Gasteiger partial charge in [0.1, 0.15) is 5.75 Å². The Morgan fingerprint density at radius 1 is 1.05 bits per heavy atom. The van der Waals surface area contributed by atoms with Crippen molar-refractivity contribution in [3.8, 4) is 5.75 Å². The third kappa shape index (κ3) is 3.60. The molecule has 0 aliphatic heterocycles. The fourth-order valence-electron chi connectivity index (χ4n) is 1.87. The van der Waals surface area contributed by atoms with E-state index in [1.807, 2.05) is 0 Å². The number of methoxy groups -OCH3 is 1. The maximum Gasteiger partial charge on any atom is 0.333 e. The lowest BCUT2D eigenvalue weighted by Crippen LogP contribution is -2.34. The first-order valence-corrected chi connectivity index (χ1v) is 6.34. The molecule has 0 aromatic heterocycles. The highest BCUT2D eigenvalue weighted by Gasteiger charge is 2.24. The molecule has 21 heavy (non-hydrogen) atoms. The van der Waals surface area contributed by atoms with Crippen LogP contribution in [0.5, 0.6) is 5.75 Å². The molecule has 5 heteroatoms. The van der Waals surface area contributed by atoms with Crippen molar-refractivity contribution in [2.24, 2.45) is 0 Å². The van der Waals surface area contributed by atoms with Gasteiger partial charge in [0.05, 0.1) is 7.11 Å². The van der Waals surface area contributed by atoms with Crippen molar-refractivity contribution in [2.75, 3.05) is 7.11 Å². The van der Waals surface area contributed by atoms with Gasteiger partial charge in [-0.3, -0.25) is 4.79 Å². The van der Waals surface area contributed by atoms with Crippen LogP contribution >= 0.6 is 0 Å². The molecule has 5 nitrogen and oxygen atoms in total. The van der Waals surface area contributed by atoms with E-state index in [-0.39, 0.29) is 11.7 Å². The first-order chi connectivity index (χ1) is 10.1. The molecule has 1 atom stereocenters. The number of phenolic OH excluding ortho intramolecular Hbond substituents is 1. The van der Waals surface area contributed by atoms with Gasteiger partial charge >= 0.3 is 5.97 Å². The number of ether oxygens (including phenoxy) is 1. The van der Waals surface area contributed by atoms with E-state index in [1.54, 1.807) is 42.5 Å². The first-order valence-electron chi connectivity index (χ1n) is 6.34. The molecule has 2 rings (SSSR count). The fraction of sp³-hybridized carbons (Fsp3) is 0.125. The number of esters is 1. The van der Waals surface area contributed by atoms with Crippen LogP contribution < -0.4 is 5.32 Å². The van der Waals surface area contributed by atoms with Gasteiger partial charge in [-0.1, -0.05) is 30.3 Å². The molecule has 2 aromatic rings. The van der Waals surface area contributed by atoms with Crippen molar-refractivity contribution in [1.82, 2.24) is 5.32 Å². The van der Waals surface area contributed by atoms with Gasteiger partial charge in [0.25, 0.3) is 5.91 Å². The van der Waals surface area contributed by atoms with Crippen LogP contribution in [-0.2, 0) is 9.53 Å². The van der Waals surface area contributed by atoms with Gasteiger partial charge in [0.2, 0.25) is 0 Å². The molecule has 0 aliphatic rings. The van der Waals surface area contributed by atoms with E-state index in [9.17, 15) is 14.7 Å². The van der Waals surface area contributed by atoms with Crippen molar-refractivity contribution in [2.45, 2.75) is 6.04 Å². The largest absolute Gasteiger partial charge is 0.508 e. The Bertz CT molecular complexity index is 622. The number of hydrogen-bond donors (Lipinski definition) is 2. The summed E-state index contributed by atoms with van der Waals surface area (Å²) in [7, 11) is 1.25. The SMILES string of the molecule is COC(=O)[C@@H](NC(=O)c1ccccc1)c1ccc(O)cc1. The first kappa shape index (κ1) is 14.6. The standard InChI is InChI=1S/C16H15NO4/c1-21-16(20)14(11-7-9-13(18)10-8-11)17-15(19)12-5-3-2-4-6-12/h2-10,14,18H,1H3,(H,17,19)/t14-/m0/s1. The minimum Gasteiger partial charge on any atom is -0.508 e. The van der Waals surface area contributed by atoms with E-state index in [2.05, 4.69) is 5.32 Å². The molecule has 0 saturated carbocycles. The van der Waals surface area contributed by atoms with Crippen molar-refractivity contribution >= 4 is 11.9 Å². The molecule has 1 amide bonds. The Hall–Kier alpha value is -2.82. The van der Waals surface area contributed by atoms with E-state index < -0.39 is 12.0 Å². The van der Waals surface area contributed by atoms with Gasteiger partial charge in [-0.2, -0.15) is 0 Å². The number of phenols is 1. The maximum absolute atomic E-state index is 12.1. The predicted molar refractivity (Wildman–Crippen MR) is 76.8 cm³/mol. The van der Waals surface area contributed by atoms with Crippen molar-refractivity contribution in [3.63, 3.8) is 0 Å². The molecule has 0 spiro atoms. The van der Waals surface area contributed by atoms with Crippen LogP contribution in [0.25, 0.3) is 0 Å². The van der Waals surface area contributed by atoms with Crippen molar-refractivity contribution in [3.05, 3.63) is 65.7 Å². The van der Waals surface area contributed by atoms with Crippen LogP contribution in [0.1, 0.15) is 22.0 Å². The highest BCUT2D eigenvalue weighted by Crippen LogP contribution is 2.18. The van der Waals surface area contributed by atoms with Crippen LogP contribution in [0.15, 0.2) is 54.6 Å². The van der Waals surface area contributed by atoms with E-state index in [0.29, 0.717) is 11.1 Å². The zero-order valence-electron chi connectivity index (χ0n) is 11.4. The van der Waals surface area contributed by atoms with Crippen LogP contribution in [0, 0.1) is 0 Å². The minimum atomic E-state index is -0.927. The molecule has 0 radical (unpaired) electrons. The van der Waals surface area contributed by atoms with Gasteiger partial charge in [-0.15, -0.1) is 0 Å². The van der Waals surface area contributed by atoms with Crippen LogP contribution in [-0.4, -0.2) is 24.1 Å². The second kappa shape index (κ2) is 6.56. The fourth-order valence-corrected chi connectivity index (χ4v) is 1.87. The molecular weight excluding hydrogens is 270 g/mol. The van der Waals surface area contributed by atoms with Crippen LogP contribution in [0.4, 0.5) is 0 Å². The second-order valence-corrected chi connectivity index (χ2v) is 4.39. The van der Waals surface area contributed by atoms with Gasteiger partial charge < -0.3 is 15.2 Å². The van der Waals surface area contributed by atoms with Gasteiger partial charge in [-0.05, 0) is 29.8 Å². The smallest absolute Gasteiger partial charge is 0.333 e. The molecule has 2 N–H and O–H groups in total. The third-order valence-corrected chi connectivity index (χ3v) is 2.97. The summed E-state index contributed by atoms with van der Waals surface area (Å²) in [6.45, 7) is 0. The number of carbonyl (C=O) groups excluding carboxylic acids is 2. The molecular formula is C16H15NO4. The van der Waals surface area contributed by atoms with Gasteiger partial charge in [0.15, 0.2) is 6.04 Å². The monoisotopic (exact) mass is 285 g/mol. The summed E-state index contributed by atoms with van der Waals surface area (Å²) in [5.41, 5.74) is 0.981. The Morgan fingerprint density at radius 3 is 2.24 bits per heavy atom. The van der Waals surface area contributed by atoms with E-state index in [4.69, 9.17) is 4.74 Å². The van der Waals surface area contributed by atoms with Gasteiger partial charge in [-0.25, -0.2) is 4.79 Å². The Labute approximate surface area is 122 Å². The van der Waals surface area contributed by atoms with Crippen LogP contribution in [0.3, 0.4) is 0 Å². The van der Waals surface area contributed by atoms with Crippen molar-refractivity contribution < 1.29 is 19.4 Å². The van der Waals surface area contributed by atoms with E-state index in [1.165, 1.54) is 19.2 Å². The Kier molecular flexibility index (Phi) is 4.56. The highest BCUT2D eigenvalue weighted by atomic mass is 16.5. The number of hydrogen-bond acceptors (Lipinski definition) is 4. The molecule has 2 aromatic carbocycles. The van der Waals surface area contributed by atoms with Gasteiger partial charge in [0, 0.05) is 5.56 Å². The van der Waals surface area contributed by atoms with Crippen molar-refractivity contribution in [1.29, 1.82) is 0 Å². The molecule has 0 unspecified atom stereocenters. The average molecular weight is 285 g/mol. The molecule has 0 saturated heterocycles. The lowest BCUT2D eigenvalue weighted by molar-refractivity contribution is -0.143. The molecule has 0 fully saturated rings. The molecule has 0 bridgehead atoms. The predicted octanol–water partition coefficient (Wildman–Crippen LogP) is 2.04. The number of aromatic hydroxyl groups is 1. The van der Waals surface area contributed by atoms with Crippen LogP contribution in [0.2, 0.25) is 0 Å². The lowest BCUT2D eigenvalue weighted by atomic mass is 10.1. The second-order valence-electron chi connectivity index (χ2n) is 4.39. The lowest BCUT2D eigenvalue weighted by Gasteiger charge is -2.17. The summed E-state index contributed by atoms with van der Waals surface area (Å²) in [5.74, 6) is -0.874. The Morgan fingerprint density at radius 2 is 1.67 bits per heavy atom. The Balaban J connectivity index is 2.23. The van der Waals surface area contributed by atoms with E-state index in [0.717, 1.165) is 0 Å². The third-order valence-electron chi connectivity index (χ3n) is 2.97. The number of benzene rings is 2. The normalized spacial score (nSPS) is 11.5. The van der Waals surface area contributed by atoms with E-state index >= 15 is 0 Å². The number of nitrogens with one attached hydrogen (secondary N) is 1. The summed E-state index contributed by atoms with van der Waals surface area (Å²) >= 11 is 0. The zero-order chi connectivity index (χ0) is 15.2. The summed E-state index contributed by atoms with van der Waals surface area (Å²) in [6.07, 6.45) is 0. The topological polar surface area (TPSA) is 75.6 Å². The molecule has 0 aliphatic carbocycles. The highest BCUT2D eigenvalue weighted by molar-refractivity contribution is 5.97. The molecule has 108 valence electrons. The summed E-state index contributed by atoms with van der Waals surface area (Å²) in [6, 6.07) is 13.7. The molecule has 0 heterocycles. The maximum atomic E-state index is 12.1. The number of amides is 1. The summed E-state index contributed by atoms with van der Waals surface area (Å²) in [4.78, 5) is 24.0. The minimum absolute atomic E-state index is 0.0803.